The van der Waals surface area contributed by atoms with Crippen molar-refractivity contribution in [3.05, 3.63) is 52.0 Å². The minimum absolute atomic E-state index is 0.277. The van der Waals surface area contributed by atoms with Crippen LogP contribution in [0.1, 0.15) is 16.5 Å². The summed E-state index contributed by atoms with van der Waals surface area (Å²) >= 11 is 10.1. The third-order valence-corrected chi connectivity index (χ3v) is 4.51. The van der Waals surface area contributed by atoms with Gasteiger partial charge in [-0.3, -0.25) is 0 Å². The van der Waals surface area contributed by atoms with Crippen LogP contribution < -0.4 is 14.2 Å². The van der Waals surface area contributed by atoms with Crippen molar-refractivity contribution in [3.63, 3.8) is 0 Å². The number of halogens is 2. The van der Waals surface area contributed by atoms with Gasteiger partial charge in [0.2, 0.25) is 0 Å². The van der Waals surface area contributed by atoms with Gasteiger partial charge in [-0.25, -0.2) is 0 Å². The lowest BCUT2D eigenvalue weighted by Gasteiger charge is -2.20. The van der Waals surface area contributed by atoms with Gasteiger partial charge in [0, 0.05) is 4.47 Å². The maximum absolute atomic E-state index is 6.61. The highest BCUT2D eigenvalue weighted by atomic mass is 79.9. The molecule has 21 heavy (non-hydrogen) atoms. The molecule has 110 valence electrons. The summed E-state index contributed by atoms with van der Waals surface area (Å²) in [6, 6.07) is 11.6. The number of benzene rings is 2. The van der Waals surface area contributed by atoms with Crippen molar-refractivity contribution in [3.8, 4) is 17.2 Å². The van der Waals surface area contributed by atoms with Gasteiger partial charge in [0.15, 0.2) is 11.5 Å². The fourth-order valence-corrected chi connectivity index (χ4v) is 3.28. The molecule has 0 spiro atoms. The van der Waals surface area contributed by atoms with E-state index in [0.29, 0.717) is 13.2 Å². The first kappa shape index (κ1) is 14.5. The van der Waals surface area contributed by atoms with Crippen LogP contribution in [-0.4, -0.2) is 20.3 Å². The largest absolute Gasteiger partial charge is 0.497 e. The predicted octanol–water partition coefficient (Wildman–Crippen LogP) is 4.56. The van der Waals surface area contributed by atoms with E-state index in [2.05, 4.69) is 15.9 Å². The van der Waals surface area contributed by atoms with E-state index < -0.39 is 0 Å². The third-order valence-electron chi connectivity index (χ3n) is 3.34. The van der Waals surface area contributed by atoms with Crippen molar-refractivity contribution in [2.24, 2.45) is 0 Å². The summed E-state index contributed by atoms with van der Waals surface area (Å²) in [4.78, 5) is 0. The van der Waals surface area contributed by atoms with Crippen LogP contribution >= 0.6 is 27.5 Å². The minimum atomic E-state index is -0.277. The quantitative estimate of drug-likeness (QED) is 0.743. The Kier molecular flexibility index (Phi) is 4.27. The fourth-order valence-electron chi connectivity index (χ4n) is 2.24. The van der Waals surface area contributed by atoms with E-state index in [-0.39, 0.29) is 5.38 Å². The zero-order valence-electron chi connectivity index (χ0n) is 11.4. The van der Waals surface area contributed by atoms with Crippen LogP contribution in [0.25, 0.3) is 0 Å². The molecule has 0 bridgehead atoms. The predicted molar refractivity (Wildman–Crippen MR) is 85.8 cm³/mol. The van der Waals surface area contributed by atoms with Crippen molar-refractivity contribution in [2.75, 3.05) is 20.3 Å². The molecule has 1 atom stereocenters. The number of rotatable bonds is 3. The summed E-state index contributed by atoms with van der Waals surface area (Å²) in [6.45, 7) is 1.15. The number of hydrogen-bond donors (Lipinski definition) is 0. The molecule has 0 aromatic heterocycles. The summed E-state index contributed by atoms with van der Waals surface area (Å²) in [5.41, 5.74) is 1.95. The number of alkyl halides is 1. The number of ether oxygens (including phenoxy) is 3. The third kappa shape index (κ3) is 2.97. The molecule has 5 heteroatoms. The molecular weight excluding hydrogens is 356 g/mol. The molecule has 0 saturated heterocycles. The van der Waals surface area contributed by atoms with Crippen LogP contribution in [0.3, 0.4) is 0 Å². The molecule has 3 nitrogen and oxygen atoms in total. The van der Waals surface area contributed by atoms with E-state index in [4.69, 9.17) is 25.8 Å². The summed E-state index contributed by atoms with van der Waals surface area (Å²) in [5, 5.41) is -0.277. The Morgan fingerprint density at radius 1 is 1.10 bits per heavy atom. The Morgan fingerprint density at radius 3 is 2.57 bits per heavy atom. The Labute approximate surface area is 136 Å². The number of fused-ring (bicyclic) bond motifs is 1. The van der Waals surface area contributed by atoms with Gasteiger partial charge in [0.1, 0.15) is 19.0 Å². The second-order valence-electron chi connectivity index (χ2n) is 4.65. The molecule has 3 rings (SSSR count). The normalized spacial score (nSPS) is 14.6. The van der Waals surface area contributed by atoms with Gasteiger partial charge in [0.25, 0.3) is 0 Å². The monoisotopic (exact) mass is 368 g/mol. The Balaban J connectivity index is 1.93. The zero-order chi connectivity index (χ0) is 14.8. The molecule has 0 fully saturated rings. The van der Waals surface area contributed by atoms with E-state index in [0.717, 1.165) is 32.8 Å². The van der Waals surface area contributed by atoms with Gasteiger partial charge in [-0.15, -0.1) is 11.6 Å². The first-order valence-electron chi connectivity index (χ1n) is 6.56. The smallest absolute Gasteiger partial charge is 0.161 e. The van der Waals surface area contributed by atoms with Gasteiger partial charge >= 0.3 is 0 Å². The highest BCUT2D eigenvalue weighted by Gasteiger charge is 2.18. The van der Waals surface area contributed by atoms with Crippen LogP contribution in [-0.2, 0) is 0 Å². The summed E-state index contributed by atoms with van der Waals surface area (Å²) in [5.74, 6) is 2.30. The van der Waals surface area contributed by atoms with Gasteiger partial charge < -0.3 is 14.2 Å². The van der Waals surface area contributed by atoms with E-state index >= 15 is 0 Å². The molecule has 0 amide bonds. The summed E-state index contributed by atoms with van der Waals surface area (Å²) in [6.07, 6.45) is 0. The SMILES string of the molecule is COc1ccc(C(Cl)c2ccc3c(c2)OCCO3)c(Br)c1. The van der Waals surface area contributed by atoms with Gasteiger partial charge in [-0.05, 0) is 35.4 Å². The van der Waals surface area contributed by atoms with Crippen molar-refractivity contribution in [1.82, 2.24) is 0 Å². The second-order valence-corrected chi connectivity index (χ2v) is 5.94. The maximum Gasteiger partial charge on any atom is 0.161 e. The molecule has 1 heterocycles. The fraction of sp³-hybridized carbons (Fsp3) is 0.250. The minimum Gasteiger partial charge on any atom is -0.497 e. The van der Waals surface area contributed by atoms with Crippen LogP contribution in [0.4, 0.5) is 0 Å². The highest BCUT2D eigenvalue weighted by molar-refractivity contribution is 9.10. The maximum atomic E-state index is 6.61. The lowest BCUT2D eigenvalue weighted by Crippen LogP contribution is -2.15. The standard InChI is InChI=1S/C16H14BrClO3/c1-19-11-3-4-12(13(17)9-11)16(18)10-2-5-14-15(8-10)21-7-6-20-14/h2-5,8-9,16H,6-7H2,1H3. The lowest BCUT2D eigenvalue weighted by atomic mass is 10.0. The molecule has 0 radical (unpaired) electrons. The summed E-state index contributed by atoms with van der Waals surface area (Å²) in [7, 11) is 1.64. The van der Waals surface area contributed by atoms with Crippen molar-refractivity contribution in [1.29, 1.82) is 0 Å². The number of hydrogen-bond acceptors (Lipinski definition) is 3. The van der Waals surface area contributed by atoms with Gasteiger partial charge in [-0.2, -0.15) is 0 Å². The highest BCUT2D eigenvalue weighted by Crippen LogP contribution is 2.39. The Hall–Kier alpha value is -1.39. The van der Waals surface area contributed by atoms with E-state index in [1.165, 1.54) is 0 Å². The molecular formula is C16H14BrClO3. The average Bonchev–Trinajstić information content (AvgIpc) is 2.53. The Bertz CT molecular complexity index is 660. The molecule has 0 N–H and O–H groups in total. The van der Waals surface area contributed by atoms with Gasteiger partial charge in [0.05, 0.1) is 12.5 Å². The topological polar surface area (TPSA) is 27.7 Å². The average molecular weight is 370 g/mol. The molecule has 1 unspecified atom stereocenters. The zero-order valence-corrected chi connectivity index (χ0v) is 13.8. The molecule has 2 aromatic carbocycles. The molecule has 0 aliphatic carbocycles. The van der Waals surface area contributed by atoms with E-state index in [1.807, 2.05) is 36.4 Å². The summed E-state index contributed by atoms with van der Waals surface area (Å²) < 4.78 is 17.2. The second kappa shape index (κ2) is 6.16. The van der Waals surface area contributed by atoms with Gasteiger partial charge in [-0.1, -0.05) is 28.1 Å². The molecule has 2 aromatic rings. The molecule has 0 saturated carbocycles. The van der Waals surface area contributed by atoms with Crippen molar-refractivity contribution in [2.45, 2.75) is 5.38 Å². The van der Waals surface area contributed by atoms with Crippen molar-refractivity contribution < 1.29 is 14.2 Å². The molecule has 1 aliphatic heterocycles. The number of methoxy groups -OCH3 is 1. The lowest BCUT2D eigenvalue weighted by molar-refractivity contribution is 0.171. The Morgan fingerprint density at radius 2 is 1.86 bits per heavy atom. The van der Waals surface area contributed by atoms with Crippen LogP contribution in [0.15, 0.2) is 40.9 Å². The van der Waals surface area contributed by atoms with E-state index in [1.54, 1.807) is 7.11 Å². The molecule has 1 aliphatic rings. The van der Waals surface area contributed by atoms with Crippen LogP contribution in [0.2, 0.25) is 0 Å². The first-order chi connectivity index (χ1) is 10.2. The first-order valence-corrected chi connectivity index (χ1v) is 7.79. The van der Waals surface area contributed by atoms with Crippen LogP contribution in [0.5, 0.6) is 17.2 Å². The van der Waals surface area contributed by atoms with Crippen molar-refractivity contribution >= 4 is 27.5 Å². The van der Waals surface area contributed by atoms with Crippen LogP contribution in [0, 0.1) is 0 Å². The van der Waals surface area contributed by atoms with E-state index in [9.17, 15) is 0 Å².